The molecule has 2 nitrogen and oxygen atoms in total. The van der Waals surface area contributed by atoms with E-state index in [1.807, 2.05) is 0 Å². The minimum atomic E-state index is 0.420. The van der Waals surface area contributed by atoms with Crippen LogP contribution in [0.25, 0.3) is 0 Å². The highest BCUT2D eigenvalue weighted by Gasteiger charge is 2.21. The Hall–Kier alpha value is -0.0800. The summed E-state index contributed by atoms with van der Waals surface area (Å²) >= 11 is 0. The molecule has 1 fully saturated rings. The molecule has 1 aliphatic heterocycles. The van der Waals surface area contributed by atoms with Crippen LogP contribution < -0.4 is 10.6 Å². The Morgan fingerprint density at radius 2 is 2.06 bits per heavy atom. The van der Waals surface area contributed by atoms with Crippen LogP contribution in [0.4, 0.5) is 0 Å². The molecule has 0 aromatic rings. The monoisotopic (exact) mass is 240 g/mol. The van der Waals surface area contributed by atoms with Gasteiger partial charge >= 0.3 is 0 Å². The van der Waals surface area contributed by atoms with Crippen LogP contribution in [0, 0.1) is 11.3 Å². The fourth-order valence-corrected chi connectivity index (χ4v) is 2.26. The molecular weight excluding hydrogens is 208 g/mol. The highest BCUT2D eigenvalue weighted by molar-refractivity contribution is 4.76. The molecule has 0 bridgehead atoms. The van der Waals surface area contributed by atoms with Crippen molar-refractivity contribution in [1.82, 2.24) is 10.6 Å². The zero-order valence-corrected chi connectivity index (χ0v) is 12.3. The van der Waals surface area contributed by atoms with Crippen LogP contribution in [0.5, 0.6) is 0 Å². The Balaban J connectivity index is 2.00. The molecule has 1 heterocycles. The normalized spacial score (nSPS) is 22.1. The van der Waals surface area contributed by atoms with Crippen molar-refractivity contribution in [1.29, 1.82) is 0 Å². The van der Waals surface area contributed by atoms with E-state index < -0.39 is 0 Å². The van der Waals surface area contributed by atoms with Crippen molar-refractivity contribution in [3.05, 3.63) is 0 Å². The maximum absolute atomic E-state index is 3.62. The van der Waals surface area contributed by atoms with Gasteiger partial charge in [0.2, 0.25) is 0 Å². The highest BCUT2D eigenvalue weighted by Crippen LogP contribution is 2.24. The lowest BCUT2D eigenvalue weighted by Crippen LogP contribution is -2.36. The van der Waals surface area contributed by atoms with Crippen LogP contribution in [0.15, 0.2) is 0 Å². The van der Waals surface area contributed by atoms with Gasteiger partial charge in [0.15, 0.2) is 0 Å². The van der Waals surface area contributed by atoms with E-state index in [2.05, 4.69) is 38.3 Å². The Labute approximate surface area is 108 Å². The third kappa shape index (κ3) is 5.87. The molecule has 2 heteroatoms. The summed E-state index contributed by atoms with van der Waals surface area (Å²) in [5.74, 6) is 0.745. The second kappa shape index (κ2) is 7.38. The summed E-state index contributed by atoms with van der Waals surface area (Å²) in [7, 11) is 0. The molecule has 102 valence electrons. The van der Waals surface area contributed by atoms with Crippen LogP contribution in [0.2, 0.25) is 0 Å². The zero-order chi connectivity index (χ0) is 12.7. The Morgan fingerprint density at radius 3 is 2.65 bits per heavy atom. The van der Waals surface area contributed by atoms with Gasteiger partial charge in [0.1, 0.15) is 0 Å². The molecule has 0 aliphatic carbocycles. The van der Waals surface area contributed by atoms with Gasteiger partial charge in [-0.05, 0) is 50.1 Å². The first-order valence-corrected chi connectivity index (χ1v) is 7.46. The average molecular weight is 240 g/mol. The SMILES string of the molecule is CC(C)C(C)(C)CNCCCC1CCCCN1. The van der Waals surface area contributed by atoms with Crippen molar-refractivity contribution < 1.29 is 0 Å². The first kappa shape index (κ1) is 15.0. The quantitative estimate of drug-likeness (QED) is 0.668. The first-order valence-electron chi connectivity index (χ1n) is 7.46. The van der Waals surface area contributed by atoms with Gasteiger partial charge in [0.25, 0.3) is 0 Å². The zero-order valence-electron chi connectivity index (χ0n) is 12.3. The van der Waals surface area contributed by atoms with Crippen molar-refractivity contribution in [2.45, 2.75) is 65.8 Å². The lowest BCUT2D eigenvalue weighted by molar-refractivity contribution is 0.237. The van der Waals surface area contributed by atoms with E-state index in [-0.39, 0.29) is 0 Å². The standard InChI is InChI=1S/C15H32N2/c1-13(2)15(3,4)12-16-10-7-9-14-8-5-6-11-17-14/h13-14,16-17H,5-12H2,1-4H3. The van der Waals surface area contributed by atoms with Gasteiger partial charge in [-0.15, -0.1) is 0 Å². The van der Waals surface area contributed by atoms with Gasteiger partial charge in [0.05, 0.1) is 0 Å². The summed E-state index contributed by atoms with van der Waals surface area (Å²) in [5.41, 5.74) is 0.420. The summed E-state index contributed by atoms with van der Waals surface area (Å²) in [6.45, 7) is 12.9. The second-order valence-electron chi connectivity index (χ2n) is 6.61. The van der Waals surface area contributed by atoms with Crippen molar-refractivity contribution in [2.75, 3.05) is 19.6 Å². The third-order valence-corrected chi connectivity index (χ3v) is 4.46. The average Bonchev–Trinajstić information content (AvgIpc) is 2.29. The summed E-state index contributed by atoms with van der Waals surface area (Å²) in [4.78, 5) is 0. The van der Waals surface area contributed by atoms with E-state index in [0.29, 0.717) is 5.41 Å². The molecule has 0 amide bonds. The summed E-state index contributed by atoms with van der Waals surface area (Å²) < 4.78 is 0. The van der Waals surface area contributed by atoms with Crippen molar-refractivity contribution in [2.24, 2.45) is 11.3 Å². The van der Waals surface area contributed by atoms with E-state index in [4.69, 9.17) is 0 Å². The van der Waals surface area contributed by atoms with Gasteiger partial charge in [-0.3, -0.25) is 0 Å². The maximum Gasteiger partial charge on any atom is 0.00675 e. The predicted octanol–water partition coefficient (Wildman–Crippen LogP) is 3.18. The van der Waals surface area contributed by atoms with Crippen LogP contribution in [0.3, 0.4) is 0 Å². The molecule has 1 aliphatic rings. The van der Waals surface area contributed by atoms with Gasteiger partial charge in [0, 0.05) is 12.6 Å². The van der Waals surface area contributed by atoms with Crippen molar-refractivity contribution >= 4 is 0 Å². The van der Waals surface area contributed by atoms with E-state index >= 15 is 0 Å². The molecule has 0 aromatic carbocycles. The fourth-order valence-electron chi connectivity index (χ4n) is 2.26. The van der Waals surface area contributed by atoms with E-state index in [9.17, 15) is 0 Å². The van der Waals surface area contributed by atoms with Crippen LogP contribution >= 0.6 is 0 Å². The Kier molecular flexibility index (Phi) is 6.50. The lowest BCUT2D eigenvalue weighted by atomic mass is 9.81. The Bertz CT molecular complexity index is 193. The van der Waals surface area contributed by atoms with Crippen molar-refractivity contribution in [3.63, 3.8) is 0 Å². The maximum atomic E-state index is 3.62. The van der Waals surface area contributed by atoms with Crippen LogP contribution in [-0.4, -0.2) is 25.7 Å². The predicted molar refractivity (Wildman–Crippen MR) is 76.4 cm³/mol. The van der Waals surface area contributed by atoms with Crippen molar-refractivity contribution in [3.8, 4) is 0 Å². The minimum Gasteiger partial charge on any atom is -0.316 e. The smallest absolute Gasteiger partial charge is 0.00675 e. The number of hydrogen-bond donors (Lipinski definition) is 2. The van der Waals surface area contributed by atoms with E-state index in [0.717, 1.165) is 18.5 Å². The highest BCUT2D eigenvalue weighted by atomic mass is 14.9. The summed E-state index contributed by atoms with van der Waals surface area (Å²) in [5, 5.41) is 7.24. The Morgan fingerprint density at radius 1 is 1.29 bits per heavy atom. The van der Waals surface area contributed by atoms with Crippen LogP contribution in [0.1, 0.15) is 59.8 Å². The summed E-state index contributed by atoms with van der Waals surface area (Å²) in [6, 6.07) is 0.795. The van der Waals surface area contributed by atoms with E-state index in [1.165, 1.54) is 45.2 Å². The molecular formula is C15H32N2. The van der Waals surface area contributed by atoms with Gasteiger partial charge in [-0.2, -0.15) is 0 Å². The largest absolute Gasteiger partial charge is 0.316 e. The minimum absolute atomic E-state index is 0.420. The molecule has 0 aromatic heterocycles. The topological polar surface area (TPSA) is 24.1 Å². The molecule has 2 N–H and O–H groups in total. The molecule has 1 unspecified atom stereocenters. The molecule has 1 atom stereocenters. The molecule has 0 spiro atoms. The number of piperidine rings is 1. The molecule has 1 rings (SSSR count). The number of hydrogen-bond acceptors (Lipinski definition) is 2. The van der Waals surface area contributed by atoms with Gasteiger partial charge in [-0.1, -0.05) is 34.1 Å². The second-order valence-corrected chi connectivity index (χ2v) is 6.61. The van der Waals surface area contributed by atoms with Gasteiger partial charge < -0.3 is 10.6 Å². The van der Waals surface area contributed by atoms with Crippen LogP contribution in [-0.2, 0) is 0 Å². The molecule has 17 heavy (non-hydrogen) atoms. The molecule has 0 radical (unpaired) electrons. The molecule has 1 saturated heterocycles. The van der Waals surface area contributed by atoms with Gasteiger partial charge in [-0.25, -0.2) is 0 Å². The third-order valence-electron chi connectivity index (χ3n) is 4.46. The van der Waals surface area contributed by atoms with E-state index in [1.54, 1.807) is 0 Å². The number of rotatable bonds is 7. The lowest BCUT2D eigenvalue weighted by Gasteiger charge is -2.29. The first-order chi connectivity index (χ1) is 8.02. The summed E-state index contributed by atoms with van der Waals surface area (Å²) in [6.07, 6.45) is 6.83. The fraction of sp³-hybridized carbons (Fsp3) is 1.00. The number of nitrogens with one attached hydrogen (secondary N) is 2. The molecule has 0 saturated carbocycles.